The van der Waals surface area contributed by atoms with Gasteiger partial charge in [-0.05, 0) is 95.1 Å². The lowest BCUT2D eigenvalue weighted by atomic mass is 10.1. The van der Waals surface area contributed by atoms with E-state index in [0.717, 1.165) is 35.2 Å². The highest BCUT2D eigenvalue weighted by molar-refractivity contribution is 7.89. The van der Waals surface area contributed by atoms with Gasteiger partial charge in [-0.2, -0.15) is 12.9 Å². The van der Waals surface area contributed by atoms with Crippen LogP contribution < -0.4 is 25.2 Å². The van der Waals surface area contributed by atoms with E-state index in [-0.39, 0.29) is 85.6 Å². The molecule has 3 fully saturated rings. The summed E-state index contributed by atoms with van der Waals surface area (Å²) in [5.41, 5.74) is 7.11. The molecule has 3 heterocycles. The number of amides is 5. The third kappa shape index (κ3) is 17.5. The van der Waals surface area contributed by atoms with Crippen LogP contribution in [0, 0.1) is 0 Å². The van der Waals surface area contributed by atoms with Crippen LogP contribution in [0.25, 0.3) is 0 Å². The van der Waals surface area contributed by atoms with Gasteiger partial charge in [0.2, 0.25) is 47.8 Å². The van der Waals surface area contributed by atoms with Crippen LogP contribution in [0.15, 0.2) is 209 Å². The van der Waals surface area contributed by atoms with Gasteiger partial charge in [-0.15, -0.1) is 0 Å². The standard InChI is InChI=1S/C26H27N3O6S.C19H21N3O6S.C19H20N2O6S/c1-34-22-12-14-23(15-13-22)36(32,33)29-19-28(17-20-8-4-2-5-9-20)25(30)16-24(29)26(31)27-35-18-21-10-6-3-7-11-21;1-28-15-7-9-16(10-8-15)29(26,27)22-13-21(12-14-5-3-2-4-6-14)18(23)11-17(22)19(24)20-25;1-27-15-7-9-16(10-8-15)28(25,26)21-13-20(12-14-5-3-2-4-6-14)18(22)11-17(21)19(23)24/h2-15,24H,16-19H2,1H3,(H,27,31);2-10,17,25H,11-13H2,1H3,(H,20,24);2-10,17H,11-13H2,1H3,(H,23,24). The van der Waals surface area contributed by atoms with Crippen molar-refractivity contribution in [1.82, 2.24) is 38.6 Å². The second-order valence-electron chi connectivity index (χ2n) is 21.1. The van der Waals surface area contributed by atoms with Gasteiger partial charge in [0.1, 0.15) is 35.4 Å². The Labute approximate surface area is 538 Å². The van der Waals surface area contributed by atoms with Crippen LogP contribution in [0.3, 0.4) is 0 Å². The molecule has 7 aromatic rings. The average molecular weight is 1330 g/mol. The molecule has 0 aromatic heterocycles. The molecule has 3 atom stereocenters. The Morgan fingerprint density at radius 3 is 0.989 bits per heavy atom. The zero-order valence-electron chi connectivity index (χ0n) is 50.6. The number of aliphatic carboxylic acids is 1. The fourth-order valence-electron chi connectivity index (χ4n) is 10.00. The quantitative estimate of drug-likeness (QED) is 0.0532. The zero-order chi connectivity index (χ0) is 66.9. The summed E-state index contributed by atoms with van der Waals surface area (Å²) >= 11 is 0. The maximum absolute atomic E-state index is 13.6. The SMILES string of the molecule is COc1ccc(S(=O)(=O)N2CN(Cc3ccccc3)C(=O)CC2C(=O)NO)cc1.COc1ccc(S(=O)(=O)N2CN(Cc3ccccc3)C(=O)CC2C(=O)NOCc2ccccc2)cc1.COc1ccc(S(=O)(=O)N2CN(Cc3ccccc3)C(=O)CC2C(=O)O)cc1. The van der Waals surface area contributed by atoms with Crippen molar-refractivity contribution in [1.29, 1.82) is 0 Å². The summed E-state index contributed by atoms with van der Waals surface area (Å²) < 4.78 is 97.9. The second kappa shape index (κ2) is 31.6. The molecule has 10 rings (SSSR count). The summed E-state index contributed by atoms with van der Waals surface area (Å²) in [5, 5.41) is 18.5. The predicted molar refractivity (Wildman–Crippen MR) is 334 cm³/mol. The molecule has 490 valence electrons. The lowest BCUT2D eigenvalue weighted by molar-refractivity contribution is -0.151. The summed E-state index contributed by atoms with van der Waals surface area (Å²) in [4.78, 5) is 84.1. The molecule has 3 unspecified atom stereocenters. The second-order valence-corrected chi connectivity index (χ2v) is 26.7. The topological polar surface area (TPSA) is 326 Å². The number of carbonyl (C=O) groups excluding carboxylic acids is 5. The Morgan fingerprint density at radius 2 is 0.699 bits per heavy atom. The first-order chi connectivity index (χ1) is 44.6. The normalized spacial score (nSPS) is 17.4. The number of carboxylic acids is 1. The minimum absolute atomic E-state index is 0.0136. The van der Waals surface area contributed by atoms with Crippen molar-refractivity contribution in [3.63, 3.8) is 0 Å². The van der Waals surface area contributed by atoms with Gasteiger partial charge in [0.15, 0.2) is 0 Å². The number of rotatable bonds is 21. The Kier molecular flexibility index (Phi) is 23.6. The number of carboxylic acid groups (broad SMARTS) is 1. The van der Waals surface area contributed by atoms with E-state index >= 15 is 0 Å². The van der Waals surface area contributed by atoms with Crippen molar-refractivity contribution in [3.05, 3.63) is 216 Å². The third-order valence-electron chi connectivity index (χ3n) is 15.0. The van der Waals surface area contributed by atoms with E-state index in [4.69, 9.17) is 24.3 Å². The van der Waals surface area contributed by atoms with E-state index in [1.807, 2.05) is 121 Å². The van der Waals surface area contributed by atoms with E-state index in [9.17, 15) is 59.1 Å². The highest BCUT2D eigenvalue weighted by atomic mass is 32.2. The van der Waals surface area contributed by atoms with Crippen LogP contribution >= 0.6 is 0 Å². The van der Waals surface area contributed by atoms with Crippen molar-refractivity contribution >= 4 is 65.6 Å². The first kappa shape index (κ1) is 69.3. The number of methoxy groups -OCH3 is 3. The molecule has 0 radical (unpaired) electrons. The third-order valence-corrected chi connectivity index (χ3v) is 20.6. The molecule has 4 N–H and O–H groups in total. The molecule has 5 amide bonds. The van der Waals surface area contributed by atoms with Crippen LogP contribution in [-0.2, 0) is 89.9 Å². The minimum atomic E-state index is -4.14. The van der Waals surface area contributed by atoms with Gasteiger partial charge in [0, 0.05) is 19.6 Å². The monoisotopic (exact) mass is 1330 g/mol. The van der Waals surface area contributed by atoms with E-state index in [2.05, 4.69) is 5.48 Å². The number of hydrogen-bond acceptors (Lipinski definition) is 17. The molecule has 3 aliphatic rings. The van der Waals surface area contributed by atoms with Crippen LogP contribution in [0.2, 0.25) is 0 Å². The molecule has 7 aromatic carbocycles. The minimum Gasteiger partial charge on any atom is -0.497 e. The van der Waals surface area contributed by atoms with Crippen molar-refractivity contribution < 1.29 is 83.4 Å². The smallest absolute Gasteiger partial charge is 0.322 e. The molecular weight excluding hydrogens is 1260 g/mol. The maximum Gasteiger partial charge on any atom is 0.322 e. The zero-order valence-corrected chi connectivity index (χ0v) is 53.1. The van der Waals surface area contributed by atoms with Gasteiger partial charge >= 0.3 is 5.97 Å². The molecule has 93 heavy (non-hydrogen) atoms. The predicted octanol–water partition coefficient (Wildman–Crippen LogP) is 5.17. The Bertz CT molecular complexity index is 4060. The van der Waals surface area contributed by atoms with Crippen molar-refractivity contribution in [3.8, 4) is 17.2 Å². The van der Waals surface area contributed by atoms with Gasteiger partial charge in [-0.3, -0.25) is 38.8 Å². The Hall–Kier alpha value is -9.59. The molecule has 0 bridgehead atoms. The molecular formula is C64H68N8O18S3. The first-order valence-electron chi connectivity index (χ1n) is 28.6. The van der Waals surface area contributed by atoms with E-state index in [1.165, 1.54) is 114 Å². The number of sulfonamides is 3. The number of nitrogens with one attached hydrogen (secondary N) is 2. The lowest BCUT2D eigenvalue weighted by Gasteiger charge is -2.39. The van der Waals surface area contributed by atoms with E-state index in [0.29, 0.717) is 17.2 Å². The van der Waals surface area contributed by atoms with E-state index in [1.54, 1.807) is 0 Å². The van der Waals surface area contributed by atoms with Crippen LogP contribution in [0.1, 0.15) is 41.5 Å². The van der Waals surface area contributed by atoms with Gasteiger partial charge in [0.25, 0.3) is 11.8 Å². The number of ether oxygens (including phenoxy) is 3. The van der Waals surface area contributed by atoms with Crippen molar-refractivity contribution in [2.24, 2.45) is 0 Å². The Balaban J connectivity index is 0.000000181. The molecule has 0 spiro atoms. The number of hydrogen-bond donors (Lipinski definition) is 4. The summed E-state index contributed by atoms with van der Waals surface area (Å²) in [6.45, 7) is -0.230. The molecule has 3 aliphatic heterocycles. The number of carbonyl (C=O) groups is 6. The van der Waals surface area contributed by atoms with Crippen LogP contribution in [0.4, 0.5) is 0 Å². The fourth-order valence-corrected chi connectivity index (χ4v) is 14.6. The Morgan fingerprint density at radius 1 is 0.419 bits per heavy atom. The van der Waals surface area contributed by atoms with Crippen molar-refractivity contribution in [2.45, 2.75) is 78.3 Å². The highest BCUT2D eigenvalue weighted by Crippen LogP contribution is 2.31. The highest BCUT2D eigenvalue weighted by Gasteiger charge is 2.46. The molecule has 0 aliphatic carbocycles. The summed E-state index contributed by atoms with van der Waals surface area (Å²) in [6, 6.07) is 49.8. The molecule has 26 nitrogen and oxygen atoms in total. The van der Waals surface area contributed by atoms with Gasteiger partial charge in [-0.1, -0.05) is 121 Å². The first-order valence-corrected chi connectivity index (χ1v) is 32.9. The van der Waals surface area contributed by atoms with Gasteiger partial charge in [0.05, 0.1) is 81.9 Å². The molecule has 29 heteroatoms. The van der Waals surface area contributed by atoms with Crippen molar-refractivity contribution in [2.75, 3.05) is 41.3 Å². The number of benzene rings is 7. The van der Waals surface area contributed by atoms with Gasteiger partial charge < -0.3 is 34.0 Å². The summed E-state index contributed by atoms with van der Waals surface area (Å²) in [7, 11) is -7.99. The fraction of sp³-hybridized carbons (Fsp3) is 0.250. The summed E-state index contributed by atoms with van der Waals surface area (Å²) in [6.07, 6.45) is -1.12. The summed E-state index contributed by atoms with van der Waals surface area (Å²) in [5.74, 6) is -2.70. The maximum atomic E-state index is 13.6. The average Bonchev–Trinajstić information content (AvgIpc) is 0.794. The van der Waals surface area contributed by atoms with E-state index < -0.39 is 78.3 Å². The molecule has 3 saturated heterocycles. The van der Waals surface area contributed by atoms with Crippen LogP contribution in [0.5, 0.6) is 17.2 Å². The van der Waals surface area contributed by atoms with Gasteiger partial charge in [-0.25, -0.2) is 36.2 Å². The number of nitrogens with zero attached hydrogens (tertiary/aromatic N) is 6. The largest absolute Gasteiger partial charge is 0.497 e. The van der Waals surface area contributed by atoms with Crippen LogP contribution in [-0.4, -0.2) is 158 Å². The number of hydroxylamine groups is 2. The lowest BCUT2D eigenvalue weighted by Crippen LogP contribution is -2.59. The molecule has 0 saturated carbocycles.